The maximum atomic E-state index is 4.95. The summed E-state index contributed by atoms with van der Waals surface area (Å²) in [6, 6.07) is 10.6. The van der Waals surface area contributed by atoms with E-state index >= 15 is 0 Å². The average molecular weight is 375 g/mol. The molecule has 146 valence electrons. The Balaban J connectivity index is 1.81. The van der Waals surface area contributed by atoms with E-state index in [2.05, 4.69) is 93.9 Å². The predicted molar refractivity (Wildman–Crippen MR) is 115 cm³/mol. The van der Waals surface area contributed by atoms with Gasteiger partial charge in [-0.3, -0.25) is 0 Å². The van der Waals surface area contributed by atoms with Gasteiger partial charge in [0.25, 0.3) is 0 Å². The standard InChI is InChI=1S/C24H30N4/c1-16-21(23(2,3)4)26-20-15-17(11-13-27(16)20)14-18-22(24(5,6)7)28-12-9-8-10-19(28)25-18/h8-13,15H,14H2,1-7H3. The molecule has 0 atom stereocenters. The third-order valence-electron chi connectivity index (χ3n) is 5.32. The number of hydrogen-bond donors (Lipinski definition) is 0. The fourth-order valence-electron chi connectivity index (χ4n) is 4.19. The van der Waals surface area contributed by atoms with Crippen LogP contribution in [0.25, 0.3) is 11.3 Å². The van der Waals surface area contributed by atoms with Gasteiger partial charge in [0.1, 0.15) is 11.3 Å². The smallest absolute Gasteiger partial charge is 0.137 e. The zero-order valence-electron chi connectivity index (χ0n) is 18.0. The Hall–Kier alpha value is -2.62. The normalized spacial score (nSPS) is 13.0. The van der Waals surface area contributed by atoms with Crippen molar-refractivity contribution in [1.82, 2.24) is 18.8 Å². The van der Waals surface area contributed by atoms with Crippen molar-refractivity contribution in [3.8, 4) is 0 Å². The van der Waals surface area contributed by atoms with E-state index in [1.165, 1.54) is 17.0 Å². The van der Waals surface area contributed by atoms with Crippen LogP contribution >= 0.6 is 0 Å². The van der Waals surface area contributed by atoms with Crippen LogP contribution in [-0.4, -0.2) is 18.8 Å². The fourth-order valence-corrected chi connectivity index (χ4v) is 4.19. The van der Waals surface area contributed by atoms with Crippen molar-refractivity contribution >= 4 is 11.3 Å². The van der Waals surface area contributed by atoms with E-state index in [4.69, 9.17) is 9.97 Å². The van der Waals surface area contributed by atoms with E-state index in [0.717, 1.165) is 29.1 Å². The van der Waals surface area contributed by atoms with Crippen LogP contribution in [-0.2, 0) is 17.3 Å². The van der Waals surface area contributed by atoms with E-state index in [0.29, 0.717) is 0 Å². The summed E-state index contributed by atoms with van der Waals surface area (Å²) in [7, 11) is 0. The van der Waals surface area contributed by atoms with E-state index in [-0.39, 0.29) is 10.8 Å². The van der Waals surface area contributed by atoms with Crippen molar-refractivity contribution in [2.45, 2.75) is 65.7 Å². The van der Waals surface area contributed by atoms with Crippen molar-refractivity contribution in [3.63, 3.8) is 0 Å². The zero-order valence-corrected chi connectivity index (χ0v) is 18.0. The first-order valence-electron chi connectivity index (χ1n) is 10.0. The van der Waals surface area contributed by atoms with Gasteiger partial charge in [-0.25, -0.2) is 9.97 Å². The van der Waals surface area contributed by atoms with Crippen LogP contribution < -0.4 is 0 Å². The molecule has 4 rings (SSSR count). The molecule has 4 heteroatoms. The van der Waals surface area contributed by atoms with Gasteiger partial charge in [0.05, 0.1) is 17.1 Å². The number of fused-ring (bicyclic) bond motifs is 2. The van der Waals surface area contributed by atoms with Crippen molar-refractivity contribution in [3.05, 3.63) is 71.1 Å². The zero-order chi connectivity index (χ0) is 20.3. The maximum Gasteiger partial charge on any atom is 0.137 e. The monoisotopic (exact) mass is 374 g/mol. The van der Waals surface area contributed by atoms with E-state index in [1.807, 2.05) is 6.07 Å². The lowest BCUT2D eigenvalue weighted by molar-refractivity contribution is 0.557. The molecule has 0 aliphatic heterocycles. The van der Waals surface area contributed by atoms with Gasteiger partial charge in [0.2, 0.25) is 0 Å². The predicted octanol–water partition coefficient (Wildman–Crippen LogP) is 5.48. The van der Waals surface area contributed by atoms with Gasteiger partial charge in [-0.1, -0.05) is 47.6 Å². The molecule has 0 bridgehead atoms. The van der Waals surface area contributed by atoms with Gasteiger partial charge < -0.3 is 8.80 Å². The third kappa shape index (κ3) is 3.11. The highest BCUT2D eigenvalue weighted by Gasteiger charge is 2.25. The Morgan fingerprint density at radius 2 is 1.57 bits per heavy atom. The first-order chi connectivity index (χ1) is 13.1. The summed E-state index contributed by atoms with van der Waals surface area (Å²) < 4.78 is 4.42. The minimum Gasteiger partial charge on any atom is -0.304 e. The van der Waals surface area contributed by atoms with Crippen LogP contribution in [0.2, 0.25) is 0 Å². The summed E-state index contributed by atoms with van der Waals surface area (Å²) in [5.41, 5.74) is 8.12. The number of aromatic nitrogens is 4. The molecule has 28 heavy (non-hydrogen) atoms. The van der Waals surface area contributed by atoms with Crippen molar-refractivity contribution in [2.24, 2.45) is 0 Å². The summed E-state index contributed by atoms with van der Waals surface area (Å²) in [6.07, 6.45) is 5.07. The third-order valence-corrected chi connectivity index (χ3v) is 5.32. The largest absolute Gasteiger partial charge is 0.304 e. The summed E-state index contributed by atoms with van der Waals surface area (Å²) in [5.74, 6) is 0. The van der Waals surface area contributed by atoms with Gasteiger partial charge in [-0.2, -0.15) is 0 Å². The second-order valence-electron chi connectivity index (χ2n) is 9.82. The van der Waals surface area contributed by atoms with Crippen molar-refractivity contribution in [1.29, 1.82) is 0 Å². The Morgan fingerprint density at radius 3 is 2.25 bits per heavy atom. The molecule has 0 saturated heterocycles. The van der Waals surface area contributed by atoms with Gasteiger partial charge in [-0.15, -0.1) is 0 Å². The van der Waals surface area contributed by atoms with Crippen LogP contribution in [0.1, 0.15) is 69.9 Å². The van der Waals surface area contributed by atoms with Gasteiger partial charge in [0.15, 0.2) is 0 Å². The molecule has 0 unspecified atom stereocenters. The first kappa shape index (κ1) is 18.7. The Bertz CT molecular complexity index is 1160. The molecule has 4 aromatic rings. The van der Waals surface area contributed by atoms with Gasteiger partial charge in [-0.05, 0) is 36.8 Å². The highest BCUT2D eigenvalue weighted by Crippen LogP contribution is 2.30. The van der Waals surface area contributed by atoms with E-state index < -0.39 is 0 Å². The molecule has 4 aromatic heterocycles. The summed E-state index contributed by atoms with van der Waals surface area (Å²) >= 11 is 0. The molecule has 0 aliphatic rings. The molecule has 0 aromatic carbocycles. The molecule has 0 spiro atoms. The number of aryl methyl sites for hydroxylation is 1. The Morgan fingerprint density at radius 1 is 0.821 bits per heavy atom. The molecular formula is C24H30N4. The summed E-state index contributed by atoms with van der Waals surface area (Å²) in [6.45, 7) is 15.6. The lowest BCUT2D eigenvalue weighted by Crippen LogP contribution is -2.17. The molecule has 0 radical (unpaired) electrons. The molecule has 4 nitrogen and oxygen atoms in total. The van der Waals surface area contributed by atoms with Gasteiger partial charge in [0, 0.05) is 35.3 Å². The molecular weight excluding hydrogens is 344 g/mol. The minimum absolute atomic E-state index is 0.0174. The molecule has 0 fully saturated rings. The number of rotatable bonds is 2. The second kappa shape index (κ2) is 6.20. The Kier molecular flexibility index (Phi) is 4.14. The van der Waals surface area contributed by atoms with Crippen LogP contribution in [0.5, 0.6) is 0 Å². The number of pyridine rings is 2. The van der Waals surface area contributed by atoms with Crippen molar-refractivity contribution < 1.29 is 0 Å². The Labute approximate surface area is 167 Å². The van der Waals surface area contributed by atoms with Crippen molar-refractivity contribution in [2.75, 3.05) is 0 Å². The quantitative estimate of drug-likeness (QED) is 0.466. The number of imidazole rings is 2. The van der Waals surface area contributed by atoms with Crippen LogP contribution in [0.3, 0.4) is 0 Å². The maximum absolute atomic E-state index is 4.95. The molecule has 0 N–H and O–H groups in total. The van der Waals surface area contributed by atoms with E-state index in [1.54, 1.807) is 0 Å². The summed E-state index contributed by atoms with van der Waals surface area (Å²) in [4.78, 5) is 9.89. The second-order valence-corrected chi connectivity index (χ2v) is 9.82. The van der Waals surface area contributed by atoms with Crippen LogP contribution in [0.4, 0.5) is 0 Å². The molecule has 4 heterocycles. The molecule has 0 aliphatic carbocycles. The van der Waals surface area contributed by atoms with Crippen LogP contribution in [0, 0.1) is 6.92 Å². The highest BCUT2D eigenvalue weighted by molar-refractivity contribution is 5.50. The SMILES string of the molecule is Cc1c(C(C)(C)C)nc2cc(Cc3nc4ccccn4c3C(C)(C)C)ccn12. The van der Waals surface area contributed by atoms with Gasteiger partial charge >= 0.3 is 0 Å². The minimum atomic E-state index is 0.0174. The highest BCUT2D eigenvalue weighted by atomic mass is 15.0. The fraction of sp³-hybridized carbons (Fsp3) is 0.417. The lowest BCUT2D eigenvalue weighted by Gasteiger charge is -2.20. The van der Waals surface area contributed by atoms with E-state index in [9.17, 15) is 0 Å². The first-order valence-corrected chi connectivity index (χ1v) is 10.0. The lowest BCUT2D eigenvalue weighted by atomic mass is 9.89. The molecule has 0 amide bonds. The topological polar surface area (TPSA) is 34.6 Å². The van der Waals surface area contributed by atoms with Crippen LogP contribution in [0.15, 0.2) is 42.7 Å². The number of hydrogen-bond acceptors (Lipinski definition) is 2. The number of nitrogens with zero attached hydrogens (tertiary/aromatic N) is 4. The molecule has 0 saturated carbocycles. The summed E-state index contributed by atoms with van der Waals surface area (Å²) in [5, 5.41) is 0. The average Bonchev–Trinajstić information content (AvgIpc) is 3.11.